The number of aromatic nitrogens is 2. The standard InChI is InChI=1S/C23H26ClN3O4S/c1-6-17(20(28)26-16-9-15(24)8-7-13(16)4)27-11-25-21-18(22(27)29)14(5)19(32-21)23(30)31-10-12(2)3/h7-9,11-12,17H,6,10H2,1-5H3,(H,26,28). The Kier molecular flexibility index (Phi) is 7.36. The van der Waals surface area contributed by atoms with E-state index in [-0.39, 0.29) is 17.4 Å². The number of rotatable bonds is 7. The summed E-state index contributed by atoms with van der Waals surface area (Å²) in [5.41, 5.74) is 1.60. The Bertz CT molecular complexity index is 1230. The zero-order chi connectivity index (χ0) is 23.6. The van der Waals surface area contributed by atoms with E-state index >= 15 is 0 Å². The molecule has 2 heterocycles. The van der Waals surface area contributed by atoms with Crippen LogP contribution >= 0.6 is 22.9 Å². The summed E-state index contributed by atoms with van der Waals surface area (Å²) in [5.74, 6) is -0.604. The van der Waals surface area contributed by atoms with Gasteiger partial charge in [0.05, 0.1) is 18.3 Å². The second kappa shape index (κ2) is 9.83. The maximum atomic E-state index is 13.3. The molecular formula is C23H26ClN3O4S. The summed E-state index contributed by atoms with van der Waals surface area (Å²) in [6.07, 6.45) is 1.74. The Balaban J connectivity index is 1.96. The van der Waals surface area contributed by atoms with E-state index in [1.165, 1.54) is 10.9 Å². The third kappa shape index (κ3) is 4.86. The van der Waals surface area contributed by atoms with Crippen LogP contribution in [-0.4, -0.2) is 28.0 Å². The van der Waals surface area contributed by atoms with Gasteiger partial charge in [-0.15, -0.1) is 11.3 Å². The molecule has 1 amide bonds. The molecule has 7 nitrogen and oxygen atoms in total. The van der Waals surface area contributed by atoms with E-state index in [2.05, 4.69) is 10.3 Å². The van der Waals surface area contributed by atoms with Gasteiger partial charge in [0.15, 0.2) is 0 Å². The molecule has 9 heteroatoms. The first-order valence-electron chi connectivity index (χ1n) is 10.4. The fraction of sp³-hybridized carbons (Fsp3) is 0.391. The van der Waals surface area contributed by atoms with E-state index in [1.807, 2.05) is 33.8 Å². The van der Waals surface area contributed by atoms with Gasteiger partial charge in [-0.25, -0.2) is 9.78 Å². The molecule has 2 aromatic heterocycles. The zero-order valence-corrected chi connectivity index (χ0v) is 20.3. The van der Waals surface area contributed by atoms with E-state index in [0.717, 1.165) is 16.9 Å². The molecular weight excluding hydrogens is 450 g/mol. The summed E-state index contributed by atoms with van der Waals surface area (Å²) in [7, 11) is 0. The van der Waals surface area contributed by atoms with Crippen molar-refractivity contribution in [2.75, 3.05) is 11.9 Å². The molecule has 0 aliphatic heterocycles. The summed E-state index contributed by atoms with van der Waals surface area (Å²) in [5, 5.41) is 3.70. The first-order chi connectivity index (χ1) is 15.1. The molecule has 0 saturated carbocycles. The first kappa shape index (κ1) is 23.9. The van der Waals surface area contributed by atoms with Gasteiger partial charge in [0.1, 0.15) is 15.7 Å². The highest BCUT2D eigenvalue weighted by atomic mass is 35.5. The largest absolute Gasteiger partial charge is 0.461 e. The van der Waals surface area contributed by atoms with Gasteiger partial charge in [0.25, 0.3) is 5.56 Å². The second-order valence-corrected chi connectivity index (χ2v) is 9.49. The van der Waals surface area contributed by atoms with Crippen molar-refractivity contribution in [1.29, 1.82) is 0 Å². The maximum Gasteiger partial charge on any atom is 0.348 e. The van der Waals surface area contributed by atoms with Crippen LogP contribution in [-0.2, 0) is 9.53 Å². The van der Waals surface area contributed by atoms with Crippen molar-refractivity contribution in [3.8, 4) is 0 Å². The minimum atomic E-state index is -0.770. The molecule has 1 atom stereocenters. The van der Waals surface area contributed by atoms with E-state index in [9.17, 15) is 14.4 Å². The third-order valence-electron chi connectivity index (χ3n) is 5.09. The molecule has 170 valence electrons. The number of esters is 1. The van der Waals surface area contributed by atoms with Crippen molar-refractivity contribution >= 4 is 50.7 Å². The summed E-state index contributed by atoms with van der Waals surface area (Å²) >= 11 is 7.18. The topological polar surface area (TPSA) is 90.3 Å². The molecule has 3 rings (SSSR count). The Morgan fingerprint density at radius 2 is 2.00 bits per heavy atom. The molecule has 0 saturated heterocycles. The Morgan fingerprint density at radius 1 is 1.28 bits per heavy atom. The molecule has 0 aliphatic rings. The zero-order valence-electron chi connectivity index (χ0n) is 18.7. The van der Waals surface area contributed by atoms with Crippen molar-refractivity contribution in [2.45, 2.75) is 47.1 Å². The number of anilines is 1. The summed E-state index contributed by atoms with van der Waals surface area (Å²) < 4.78 is 6.64. The molecule has 1 unspecified atom stereocenters. The molecule has 3 aromatic rings. The number of hydrogen-bond donors (Lipinski definition) is 1. The van der Waals surface area contributed by atoms with Gasteiger partial charge in [0, 0.05) is 10.7 Å². The van der Waals surface area contributed by atoms with Gasteiger partial charge in [-0.05, 0) is 49.4 Å². The normalized spacial score (nSPS) is 12.2. The van der Waals surface area contributed by atoms with Crippen molar-refractivity contribution in [2.24, 2.45) is 5.92 Å². The fourth-order valence-electron chi connectivity index (χ4n) is 3.32. The minimum Gasteiger partial charge on any atom is -0.461 e. The van der Waals surface area contributed by atoms with Gasteiger partial charge in [-0.1, -0.05) is 38.4 Å². The van der Waals surface area contributed by atoms with Crippen LogP contribution in [0.3, 0.4) is 0 Å². The lowest BCUT2D eigenvalue weighted by Crippen LogP contribution is -2.33. The highest BCUT2D eigenvalue weighted by molar-refractivity contribution is 7.20. The molecule has 0 spiro atoms. The van der Waals surface area contributed by atoms with Gasteiger partial charge >= 0.3 is 5.97 Å². The van der Waals surface area contributed by atoms with Gasteiger partial charge in [-0.3, -0.25) is 14.2 Å². The molecule has 1 N–H and O–H groups in total. The van der Waals surface area contributed by atoms with Gasteiger partial charge in [-0.2, -0.15) is 0 Å². The second-order valence-electron chi connectivity index (χ2n) is 8.06. The van der Waals surface area contributed by atoms with Crippen LogP contribution in [0.4, 0.5) is 5.69 Å². The van der Waals surface area contributed by atoms with Crippen molar-refractivity contribution < 1.29 is 14.3 Å². The van der Waals surface area contributed by atoms with Crippen molar-refractivity contribution in [3.05, 3.63) is 55.9 Å². The van der Waals surface area contributed by atoms with E-state index in [0.29, 0.717) is 44.4 Å². The van der Waals surface area contributed by atoms with Crippen molar-refractivity contribution in [3.63, 3.8) is 0 Å². The van der Waals surface area contributed by atoms with E-state index in [4.69, 9.17) is 16.3 Å². The predicted molar refractivity (Wildman–Crippen MR) is 128 cm³/mol. The highest BCUT2D eigenvalue weighted by Crippen LogP contribution is 2.28. The number of ether oxygens (including phenoxy) is 1. The molecule has 0 radical (unpaired) electrons. The molecule has 1 aromatic carbocycles. The Morgan fingerprint density at radius 3 is 2.66 bits per heavy atom. The van der Waals surface area contributed by atoms with Crippen LogP contribution in [0.2, 0.25) is 5.02 Å². The van der Waals surface area contributed by atoms with Crippen LogP contribution in [0.1, 0.15) is 54.0 Å². The number of carbonyl (C=O) groups excluding carboxylic acids is 2. The third-order valence-corrected chi connectivity index (χ3v) is 6.51. The summed E-state index contributed by atoms with van der Waals surface area (Å²) in [4.78, 5) is 44.0. The van der Waals surface area contributed by atoms with Gasteiger partial charge < -0.3 is 10.1 Å². The maximum absolute atomic E-state index is 13.3. The number of hydrogen-bond acceptors (Lipinski definition) is 6. The van der Waals surface area contributed by atoms with Crippen LogP contribution in [0, 0.1) is 19.8 Å². The highest BCUT2D eigenvalue weighted by Gasteiger charge is 2.25. The number of amides is 1. The Labute approximate surface area is 195 Å². The first-order valence-corrected chi connectivity index (χ1v) is 11.6. The molecule has 32 heavy (non-hydrogen) atoms. The lowest BCUT2D eigenvalue weighted by atomic mass is 10.1. The van der Waals surface area contributed by atoms with E-state index < -0.39 is 12.0 Å². The number of benzene rings is 1. The average molecular weight is 476 g/mol. The molecule has 0 aliphatic carbocycles. The van der Waals surface area contributed by atoms with E-state index in [1.54, 1.807) is 19.1 Å². The van der Waals surface area contributed by atoms with Crippen molar-refractivity contribution in [1.82, 2.24) is 9.55 Å². The lowest BCUT2D eigenvalue weighted by molar-refractivity contribution is -0.119. The molecule has 0 bridgehead atoms. The molecule has 0 fully saturated rings. The SMILES string of the molecule is CCC(C(=O)Nc1cc(Cl)ccc1C)n1cnc2sc(C(=O)OCC(C)C)c(C)c2c1=O. The lowest BCUT2D eigenvalue weighted by Gasteiger charge is -2.18. The average Bonchev–Trinajstić information content (AvgIpc) is 3.08. The smallest absolute Gasteiger partial charge is 0.348 e. The number of thiophene rings is 1. The fourth-order valence-corrected chi connectivity index (χ4v) is 4.52. The van der Waals surface area contributed by atoms with Crippen LogP contribution in [0.5, 0.6) is 0 Å². The quantitative estimate of drug-likeness (QED) is 0.478. The van der Waals surface area contributed by atoms with Crippen LogP contribution in [0.25, 0.3) is 10.2 Å². The monoisotopic (exact) mass is 475 g/mol. The number of carbonyl (C=O) groups is 2. The number of halogens is 1. The van der Waals surface area contributed by atoms with Crippen LogP contribution in [0.15, 0.2) is 29.3 Å². The Hall–Kier alpha value is -2.71. The summed E-state index contributed by atoms with van der Waals surface area (Å²) in [6.45, 7) is 9.58. The number of aryl methyl sites for hydroxylation is 2. The number of fused-ring (bicyclic) bond motifs is 1. The predicted octanol–water partition coefficient (Wildman–Crippen LogP) is 5.13. The van der Waals surface area contributed by atoms with Crippen LogP contribution < -0.4 is 10.9 Å². The number of nitrogens with zero attached hydrogens (tertiary/aromatic N) is 2. The minimum absolute atomic E-state index is 0.205. The number of nitrogens with one attached hydrogen (secondary N) is 1. The van der Waals surface area contributed by atoms with Gasteiger partial charge in [0.2, 0.25) is 5.91 Å². The summed E-state index contributed by atoms with van der Waals surface area (Å²) in [6, 6.07) is 4.46.